The van der Waals surface area contributed by atoms with Crippen LogP contribution >= 0.6 is 15.9 Å². The summed E-state index contributed by atoms with van der Waals surface area (Å²) < 4.78 is 0.888. The van der Waals surface area contributed by atoms with E-state index in [1.54, 1.807) is 5.12 Å². The molecule has 0 bridgehead atoms. The maximum atomic E-state index is 5.85. The van der Waals surface area contributed by atoms with Gasteiger partial charge < -0.3 is 11.1 Å². The van der Waals surface area contributed by atoms with Crippen LogP contribution in [0.1, 0.15) is 12.8 Å². The van der Waals surface area contributed by atoms with Gasteiger partial charge in [0.15, 0.2) is 0 Å². The maximum Gasteiger partial charge on any atom is 0.125 e. The second kappa shape index (κ2) is 4.73. The molecule has 2 aromatic carbocycles. The summed E-state index contributed by atoms with van der Waals surface area (Å²) in [4.78, 5) is 0. The number of nitrogens with zero attached hydrogens (tertiary/aromatic N) is 2. The third kappa shape index (κ3) is 2.47. The lowest BCUT2D eigenvalue weighted by molar-refractivity contribution is 0.865. The summed E-state index contributed by atoms with van der Waals surface area (Å²) in [5.74, 6) is 0. The SMILES string of the molecule is Nc1cc(Br)c2c(c1)NN(c1ccc(NC3CC3)cc1)[N]2. The minimum Gasteiger partial charge on any atom is -0.399 e. The smallest absolute Gasteiger partial charge is 0.125 e. The van der Waals surface area contributed by atoms with E-state index < -0.39 is 0 Å². The predicted molar refractivity (Wildman–Crippen MR) is 89.5 cm³/mol. The van der Waals surface area contributed by atoms with E-state index in [1.807, 2.05) is 24.3 Å². The summed E-state index contributed by atoms with van der Waals surface area (Å²) >= 11 is 3.49. The van der Waals surface area contributed by atoms with Gasteiger partial charge in [-0.15, -0.1) is 5.43 Å². The lowest BCUT2D eigenvalue weighted by Crippen LogP contribution is -2.28. The number of nitrogens with two attached hydrogens (primary N) is 1. The summed E-state index contributed by atoms with van der Waals surface area (Å²) in [7, 11) is 0. The highest BCUT2D eigenvalue weighted by Crippen LogP contribution is 2.39. The van der Waals surface area contributed by atoms with Gasteiger partial charge in [-0.05, 0) is 65.2 Å². The van der Waals surface area contributed by atoms with E-state index in [0.29, 0.717) is 11.7 Å². The fourth-order valence-electron chi connectivity index (χ4n) is 2.33. The molecule has 1 aliphatic heterocycles. The third-order valence-corrected chi connectivity index (χ3v) is 4.18. The molecule has 1 radical (unpaired) electrons. The summed E-state index contributed by atoms with van der Waals surface area (Å²) in [6.45, 7) is 0. The molecule has 4 rings (SSSR count). The van der Waals surface area contributed by atoms with Crippen LogP contribution < -0.4 is 27.0 Å². The van der Waals surface area contributed by atoms with Crippen molar-refractivity contribution in [1.29, 1.82) is 0 Å². The Bertz CT molecular complexity index is 681. The molecule has 1 fully saturated rings. The van der Waals surface area contributed by atoms with E-state index >= 15 is 0 Å². The zero-order valence-electron chi connectivity index (χ0n) is 11.3. The van der Waals surface area contributed by atoms with Crippen LogP contribution in [0.5, 0.6) is 0 Å². The van der Waals surface area contributed by atoms with E-state index in [4.69, 9.17) is 5.73 Å². The van der Waals surface area contributed by atoms with Gasteiger partial charge in [-0.25, -0.2) is 0 Å². The van der Waals surface area contributed by atoms with Crippen LogP contribution in [0.15, 0.2) is 40.9 Å². The van der Waals surface area contributed by atoms with Gasteiger partial charge in [0.25, 0.3) is 0 Å². The molecule has 0 aromatic heterocycles. The van der Waals surface area contributed by atoms with Gasteiger partial charge in [-0.1, -0.05) is 0 Å². The number of nitrogen functional groups attached to an aromatic ring is 1. The Hall–Kier alpha value is -2.08. The number of hydrazine groups is 1. The molecule has 2 aromatic rings. The van der Waals surface area contributed by atoms with Crippen LogP contribution in [0.4, 0.5) is 28.4 Å². The Labute approximate surface area is 131 Å². The average molecular weight is 345 g/mol. The van der Waals surface area contributed by atoms with Crippen molar-refractivity contribution in [3.63, 3.8) is 0 Å². The fraction of sp³-hybridized carbons (Fsp3) is 0.200. The lowest BCUT2D eigenvalue weighted by atomic mass is 10.2. The highest BCUT2D eigenvalue weighted by atomic mass is 79.9. The van der Waals surface area contributed by atoms with Gasteiger partial charge in [0, 0.05) is 21.9 Å². The number of hydrogen-bond acceptors (Lipinski definition) is 4. The number of benzene rings is 2. The Morgan fingerprint density at radius 3 is 2.71 bits per heavy atom. The van der Waals surface area contributed by atoms with Crippen LogP contribution in [0.2, 0.25) is 0 Å². The lowest BCUT2D eigenvalue weighted by Gasteiger charge is -2.16. The number of fused-ring (bicyclic) bond motifs is 1. The van der Waals surface area contributed by atoms with Gasteiger partial charge in [0.1, 0.15) is 5.69 Å². The molecule has 0 spiro atoms. The zero-order valence-corrected chi connectivity index (χ0v) is 12.9. The van der Waals surface area contributed by atoms with E-state index in [2.05, 4.69) is 44.2 Å². The number of anilines is 4. The largest absolute Gasteiger partial charge is 0.399 e. The first-order valence-electron chi connectivity index (χ1n) is 6.93. The van der Waals surface area contributed by atoms with E-state index in [-0.39, 0.29) is 0 Å². The van der Waals surface area contributed by atoms with Gasteiger partial charge in [-0.2, -0.15) is 5.12 Å². The highest BCUT2D eigenvalue weighted by molar-refractivity contribution is 9.10. The molecule has 0 atom stereocenters. The van der Waals surface area contributed by atoms with Crippen LogP contribution in [0, 0.1) is 0 Å². The van der Waals surface area contributed by atoms with Crippen molar-refractivity contribution in [2.45, 2.75) is 18.9 Å². The molecular weight excluding hydrogens is 330 g/mol. The Morgan fingerprint density at radius 2 is 2.00 bits per heavy atom. The van der Waals surface area contributed by atoms with Gasteiger partial charge in [0.05, 0.1) is 11.4 Å². The molecule has 1 aliphatic carbocycles. The van der Waals surface area contributed by atoms with Crippen LogP contribution in [-0.2, 0) is 0 Å². The Morgan fingerprint density at radius 1 is 1.24 bits per heavy atom. The van der Waals surface area contributed by atoms with Crippen molar-refractivity contribution in [1.82, 2.24) is 5.43 Å². The Balaban J connectivity index is 1.54. The van der Waals surface area contributed by atoms with Crippen LogP contribution in [-0.4, -0.2) is 6.04 Å². The van der Waals surface area contributed by atoms with E-state index in [1.165, 1.54) is 12.8 Å². The summed E-state index contributed by atoms with van der Waals surface area (Å²) in [5, 5.41) is 5.23. The first-order chi connectivity index (χ1) is 10.2. The quantitative estimate of drug-likeness (QED) is 0.744. The average Bonchev–Trinajstić information content (AvgIpc) is 3.16. The summed E-state index contributed by atoms with van der Waals surface area (Å²) in [6.07, 6.45) is 2.55. The van der Waals surface area contributed by atoms with Crippen LogP contribution in [0.25, 0.3) is 0 Å². The summed E-state index contributed by atoms with van der Waals surface area (Å²) in [5.41, 5.74) is 18.3. The first kappa shape index (κ1) is 12.6. The second-order valence-corrected chi connectivity index (χ2v) is 6.24. The normalized spacial score (nSPS) is 16.1. The molecule has 4 N–H and O–H groups in total. The van der Waals surface area contributed by atoms with Crippen molar-refractivity contribution in [3.8, 4) is 0 Å². The van der Waals surface area contributed by atoms with Crippen molar-refractivity contribution in [2.75, 3.05) is 21.6 Å². The van der Waals surface area contributed by atoms with Gasteiger partial charge in [0.2, 0.25) is 0 Å². The summed E-state index contributed by atoms with van der Waals surface area (Å²) in [6, 6.07) is 12.7. The second-order valence-electron chi connectivity index (χ2n) is 5.39. The number of nitrogens with one attached hydrogen (secondary N) is 2. The standard InChI is InChI=1S/C15H15BrN5/c16-13-7-9(17)8-14-15(13)20-21(19-14)12-5-3-11(4-6-12)18-10-1-2-10/h3-8,10,18-19H,1-2,17H2. The maximum absolute atomic E-state index is 5.85. The highest BCUT2D eigenvalue weighted by Gasteiger charge is 2.24. The number of hydrogen-bond donors (Lipinski definition) is 3. The van der Waals surface area contributed by atoms with Gasteiger partial charge in [-0.3, -0.25) is 5.43 Å². The molecule has 0 saturated heterocycles. The first-order valence-corrected chi connectivity index (χ1v) is 7.72. The molecule has 6 heteroatoms. The third-order valence-electron chi connectivity index (χ3n) is 3.57. The zero-order chi connectivity index (χ0) is 14.4. The molecular formula is C15H15BrN5. The van der Waals surface area contributed by atoms with E-state index in [0.717, 1.165) is 27.2 Å². The van der Waals surface area contributed by atoms with Crippen LogP contribution in [0.3, 0.4) is 0 Å². The topological polar surface area (TPSA) is 67.4 Å². The molecule has 107 valence electrons. The van der Waals surface area contributed by atoms with Crippen molar-refractivity contribution >= 4 is 44.4 Å². The minimum atomic E-state index is 0.661. The molecule has 0 unspecified atom stereocenters. The molecule has 1 heterocycles. The molecule has 2 aliphatic rings. The number of halogens is 1. The Kier molecular flexibility index (Phi) is 2.85. The molecule has 0 amide bonds. The van der Waals surface area contributed by atoms with Crippen molar-refractivity contribution in [2.24, 2.45) is 0 Å². The molecule has 21 heavy (non-hydrogen) atoms. The number of rotatable bonds is 3. The minimum absolute atomic E-state index is 0.661. The van der Waals surface area contributed by atoms with E-state index in [9.17, 15) is 0 Å². The molecule has 5 nitrogen and oxygen atoms in total. The predicted octanol–water partition coefficient (Wildman–Crippen LogP) is 3.60. The monoisotopic (exact) mass is 344 g/mol. The van der Waals surface area contributed by atoms with Gasteiger partial charge >= 0.3 is 0 Å². The molecule has 1 saturated carbocycles. The fourth-order valence-corrected chi connectivity index (χ4v) is 2.89. The van der Waals surface area contributed by atoms with Crippen molar-refractivity contribution in [3.05, 3.63) is 40.9 Å². The van der Waals surface area contributed by atoms with Crippen molar-refractivity contribution < 1.29 is 0 Å².